The van der Waals surface area contributed by atoms with Gasteiger partial charge in [0, 0.05) is 25.4 Å². The molecule has 2 N–H and O–H groups in total. The van der Waals surface area contributed by atoms with Crippen LogP contribution < -0.4 is 10.9 Å². The number of benzene rings is 1. The van der Waals surface area contributed by atoms with Gasteiger partial charge in [-0.3, -0.25) is 14.4 Å². The molecule has 9 nitrogen and oxygen atoms in total. The molecule has 0 saturated carbocycles. The molecule has 0 fully saturated rings. The molecular weight excluding hydrogens is 340 g/mol. The molecule has 26 heavy (non-hydrogen) atoms. The highest BCUT2D eigenvalue weighted by atomic mass is 16.4. The van der Waals surface area contributed by atoms with Crippen molar-refractivity contribution in [3.05, 3.63) is 40.8 Å². The van der Waals surface area contributed by atoms with Crippen LogP contribution in [0.1, 0.15) is 13.8 Å². The Kier molecular flexibility index (Phi) is 6.05. The first-order valence-corrected chi connectivity index (χ1v) is 8.03. The van der Waals surface area contributed by atoms with Crippen LogP contribution in [0.4, 0.5) is 0 Å². The van der Waals surface area contributed by atoms with Gasteiger partial charge in [0.25, 0.3) is 5.56 Å². The number of carboxylic acid groups (broad SMARTS) is 1. The molecule has 2 amide bonds. The average molecular weight is 360 g/mol. The van der Waals surface area contributed by atoms with Gasteiger partial charge in [-0.25, -0.2) is 9.48 Å². The average Bonchev–Trinajstić information content (AvgIpc) is 2.60. The smallest absolute Gasteiger partial charge is 0.326 e. The van der Waals surface area contributed by atoms with Crippen LogP contribution >= 0.6 is 0 Å². The molecule has 1 unspecified atom stereocenters. The Morgan fingerprint density at radius 3 is 2.65 bits per heavy atom. The van der Waals surface area contributed by atoms with E-state index in [0.29, 0.717) is 10.8 Å². The number of hydrogen-bond donors (Lipinski definition) is 2. The molecule has 0 aliphatic rings. The molecule has 1 atom stereocenters. The number of carbonyl (C=O) groups is 3. The number of hydrogen-bond acceptors (Lipinski definition) is 5. The Labute approximate surface area is 149 Å². The summed E-state index contributed by atoms with van der Waals surface area (Å²) in [5.41, 5.74) is -0.429. The highest BCUT2D eigenvalue weighted by Crippen LogP contribution is 2.07. The number of amides is 2. The van der Waals surface area contributed by atoms with E-state index in [1.54, 1.807) is 24.3 Å². The van der Waals surface area contributed by atoms with Crippen molar-refractivity contribution in [2.75, 3.05) is 13.1 Å². The van der Waals surface area contributed by atoms with Crippen molar-refractivity contribution in [2.24, 2.45) is 0 Å². The molecule has 138 valence electrons. The first-order valence-electron chi connectivity index (χ1n) is 8.03. The molecule has 2 rings (SSSR count). The maximum atomic E-state index is 12.6. The van der Waals surface area contributed by atoms with Gasteiger partial charge in [-0.05, 0) is 13.0 Å². The fourth-order valence-electron chi connectivity index (χ4n) is 2.48. The van der Waals surface area contributed by atoms with Crippen LogP contribution in [0.2, 0.25) is 0 Å². The Bertz CT molecular complexity index is 892. The lowest BCUT2D eigenvalue weighted by molar-refractivity contribution is -0.149. The summed E-state index contributed by atoms with van der Waals surface area (Å²) in [7, 11) is 0. The Balaban J connectivity index is 2.22. The molecule has 2 aromatic rings. The molecule has 1 aromatic carbocycles. The van der Waals surface area contributed by atoms with E-state index in [1.165, 1.54) is 20.0 Å². The number of carbonyl (C=O) groups excluding carboxylic acids is 2. The third kappa shape index (κ3) is 4.44. The Morgan fingerprint density at radius 1 is 1.31 bits per heavy atom. The van der Waals surface area contributed by atoms with Crippen LogP contribution in [0.5, 0.6) is 0 Å². The molecule has 0 spiro atoms. The van der Waals surface area contributed by atoms with E-state index >= 15 is 0 Å². The fraction of sp³-hybridized carbons (Fsp3) is 0.353. The number of aromatic nitrogens is 2. The summed E-state index contributed by atoms with van der Waals surface area (Å²) in [5.74, 6) is -2.04. The van der Waals surface area contributed by atoms with E-state index in [4.69, 9.17) is 0 Å². The number of nitrogens with zero attached hydrogens (tertiary/aromatic N) is 3. The molecule has 9 heteroatoms. The van der Waals surface area contributed by atoms with Crippen LogP contribution in [0.15, 0.2) is 35.3 Å². The standard InChI is InChI=1S/C17H20N4O5/c1-11(17(25)26)20(8-7-18-12(2)22)15(23)10-21-16(24)14-6-4-3-5-13(14)9-19-21/h3-6,9,11H,7-8,10H2,1-2H3,(H,18,22)(H,25,26). The lowest BCUT2D eigenvalue weighted by Crippen LogP contribution is -2.48. The molecule has 0 aliphatic carbocycles. The normalized spacial score (nSPS) is 11.8. The van der Waals surface area contributed by atoms with E-state index < -0.39 is 23.5 Å². The summed E-state index contributed by atoms with van der Waals surface area (Å²) in [6.45, 7) is 2.42. The summed E-state index contributed by atoms with van der Waals surface area (Å²) in [5, 5.41) is 16.8. The van der Waals surface area contributed by atoms with Crippen molar-refractivity contribution < 1.29 is 19.5 Å². The fourth-order valence-corrected chi connectivity index (χ4v) is 2.48. The first-order chi connectivity index (χ1) is 12.3. The SMILES string of the molecule is CC(=O)NCCN(C(=O)Cn1ncc2ccccc2c1=O)C(C)C(=O)O. The summed E-state index contributed by atoms with van der Waals surface area (Å²) >= 11 is 0. The summed E-state index contributed by atoms with van der Waals surface area (Å²) < 4.78 is 1.00. The van der Waals surface area contributed by atoms with Crippen LogP contribution in [0.25, 0.3) is 10.8 Å². The van der Waals surface area contributed by atoms with Crippen molar-refractivity contribution in [1.82, 2.24) is 20.0 Å². The maximum absolute atomic E-state index is 12.6. The minimum atomic E-state index is -1.18. The van der Waals surface area contributed by atoms with Gasteiger partial charge in [-0.1, -0.05) is 18.2 Å². The van der Waals surface area contributed by atoms with E-state index in [9.17, 15) is 24.3 Å². The molecule has 0 saturated heterocycles. The Hall–Kier alpha value is -3.23. The van der Waals surface area contributed by atoms with Gasteiger partial charge in [0.15, 0.2) is 0 Å². The van der Waals surface area contributed by atoms with E-state index in [2.05, 4.69) is 10.4 Å². The largest absolute Gasteiger partial charge is 0.480 e. The maximum Gasteiger partial charge on any atom is 0.326 e. The van der Waals surface area contributed by atoms with Gasteiger partial charge in [0.1, 0.15) is 12.6 Å². The molecule has 1 heterocycles. The predicted octanol–water partition coefficient (Wildman–Crippen LogP) is -0.166. The lowest BCUT2D eigenvalue weighted by Gasteiger charge is -2.26. The van der Waals surface area contributed by atoms with Gasteiger partial charge in [-0.15, -0.1) is 0 Å². The van der Waals surface area contributed by atoms with Crippen LogP contribution in [0.3, 0.4) is 0 Å². The number of rotatable bonds is 7. The van der Waals surface area contributed by atoms with Gasteiger partial charge in [0.05, 0.1) is 11.6 Å². The molecule has 1 aromatic heterocycles. The zero-order valence-electron chi connectivity index (χ0n) is 14.5. The molecular formula is C17H20N4O5. The molecule has 0 bridgehead atoms. The first kappa shape index (κ1) is 19.1. The lowest BCUT2D eigenvalue weighted by atomic mass is 10.2. The third-order valence-corrected chi connectivity index (χ3v) is 3.92. The monoisotopic (exact) mass is 360 g/mol. The number of nitrogens with one attached hydrogen (secondary N) is 1. The van der Waals surface area contributed by atoms with Crippen LogP contribution in [0, 0.1) is 0 Å². The van der Waals surface area contributed by atoms with E-state index in [0.717, 1.165) is 9.58 Å². The zero-order chi connectivity index (χ0) is 19.3. The highest BCUT2D eigenvalue weighted by Gasteiger charge is 2.26. The second-order valence-corrected chi connectivity index (χ2v) is 5.78. The quantitative estimate of drug-likeness (QED) is 0.707. The molecule has 0 radical (unpaired) electrons. The zero-order valence-corrected chi connectivity index (χ0v) is 14.5. The predicted molar refractivity (Wildman–Crippen MR) is 93.5 cm³/mol. The van der Waals surface area contributed by atoms with E-state index in [1.807, 2.05) is 0 Å². The number of fused-ring (bicyclic) bond motifs is 1. The van der Waals surface area contributed by atoms with Crippen molar-refractivity contribution in [3.8, 4) is 0 Å². The minimum Gasteiger partial charge on any atom is -0.480 e. The van der Waals surface area contributed by atoms with Crippen molar-refractivity contribution in [3.63, 3.8) is 0 Å². The summed E-state index contributed by atoms with van der Waals surface area (Å²) in [6.07, 6.45) is 1.48. The second-order valence-electron chi connectivity index (χ2n) is 5.78. The number of aliphatic carboxylic acids is 1. The number of carboxylic acids is 1. The second kappa shape index (κ2) is 8.24. The Morgan fingerprint density at radius 2 is 2.00 bits per heavy atom. The van der Waals surface area contributed by atoms with Crippen molar-refractivity contribution >= 4 is 28.6 Å². The van der Waals surface area contributed by atoms with Crippen molar-refractivity contribution in [1.29, 1.82) is 0 Å². The van der Waals surface area contributed by atoms with Gasteiger partial charge in [-0.2, -0.15) is 5.10 Å². The van der Waals surface area contributed by atoms with Crippen molar-refractivity contribution in [2.45, 2.75) is 26.4 Å². The van der Waals surface area contributed by atoms with Gasteiger partial charge in [0.2, 0.25) is 11.8 Å². The van der Waals surface area contributed by atoms with Crippen LogP contribution in [-0.4, -0.2) is 56.7 Å². The van der Waals surface area contributed by atoms with E-state index in [-0.39, 0.29) is 25.5 Å². The van der Waals surface area contributed by atoms with Crippen LogP contribution in [-0.2, 0) is 20.9 Å². The summed E-state index contributed by atoms with van der Waals surface area (Å²) in [4.78, 5) is 48.4. The topological polar surface area (TPSA) is 122 Å². The van der Waals surface area contributed by atoms with Gasteiger partial charge < -0.3 is 15.3 Å². The minimum absolute atomic E-state index is 0.00815. The highest BCUT2D eigenvalue weighted by molar-refractivity contribution is 5.84. The molecule has 0 aliphatic heterocycles. The third-order valence-electron chi connectivity index (χ3n) is 3.92. The van der Waals surface area contributed by atoms with Gasteiger partial charge >= 0.3 is 5.97 Å². The summed E-state index contributed by atoms with van der Waals surface area (Å²) in [6, 6.07) is 5.75.